The molecule has 3 heterocycles. The van der Waals surface area contributed by atoms with Crippen LogP contribution in [0.25, 0.3) is 10.9 Å². The second kappa shape index (κ2) is 9.42. The van der Waals surface area contributed by atoms with Gasteiger partial charge in [-0.05, 0) is 35.6 Å². The number of benzene rings is 2. The monoisotopic (exact) mass is 457 g/mol. The highest BCUT2D eigenvalue weighted by Gasteiger charge is 2.44. The molecule has 1 N–H and O–H groups in total. The third kappa shape index (κ3) is 4.45. The van der Waals surface area contributed by atoms with E-state index in [0.717, 1.165) is 21.3 Å². The van der Waals surface area contributed by atoms with Crippen molar-refractivity contribution in [3.8, 4) is 0 Å². The van der Waals surface area contributed by atoms with Gasteiger partial charge in [-0.1, -0.05) is 54.6 Å². The quantitative estimate of drug-likeness (QED) is 0.434. The molecule has 5 rings (SSSR count). The molecule has 2 aromatic carbocycles. The minimum absolute atomic E-state index is 0.0859. The van der Waals surface area contributed by atoms with E-state index in [1.54, 1.807) is 22.4 Å². The van der Waals surface area contributed by atoms with E-state index in [0.29, 0.717) is 18.7 Å². The van der Waals surface area contributed by atoms with Gasteiger partial charge in [0.25, 0.3) is 0 Å². The Morgan fingerprint density at radius 3 is 2.70 bits per heavy atom. The van der Waals surface area contributed by atoms with Gasteiger partial charge in [-0.25, -0.2) is 4.79 Å². The van der Waals surface area contributed by atoms with Gasteiger partial charge in [-0.3, -0.25) is 14.7 Å². The molecule has 0 unspecified atom stereocenters. The minimum Gasteiger partial charge on any atom is -0.445 e. The molecule has 2 aromatic heterocycles. The highest BCUT2D eigenvalue weighted by molar-refractivity contribution is 7.10. The molecule has 0 bridgehead atoms. The zero-order chi connectivity index (χ0) is 22.6. The predicted molar refractivity (Wildman–Crippen MR) is 129 cm³/mol. The van der Waals surface area contributed by atoms with E-state index in [1.807, 2.05) is 78.2 Å². The molecule has 1 fully saturated rings. The Labute approximate surface area is 195 Å². The van der Waals surface area contributed by atoms with Crippen molar-refractivity contribution in [2.45, 2.75) is 25.0 Å². The molecule has 7 heteroatoms. The van der Waals surface area contributed by atoms with E-state index < -0.39 is 12.1 Å². The number of carbonyl (C=O) groups is 2. The fraction of sp³-hybridized carbons (Fsp3) is 0.192. The Hall–Kier alpha value is -3.71. The number of hydrogen-bond donors (Lipinski definition) is 1. The molecule has 0 radical (unpaired) electrons. The van der Waals surface area contributed by atoms with Crippen molar-refractivity contribution in [2.75, 3.05) is 11.9 Å². The van der Waals surface area contributed by atoms with E-state index >= 15 is 0 Å². The number of carbonyl (C=O) groups excluding carboxylic acids is 2. The lowest BCUT2D eigenvalue weighted by Crippen LogP contribution is -2.45. The molecule has 1 aliphatic heterocycles. The number of likely N-dealkylation sites (tertiary alicyclic amines) is 1. The largest absolute Gasteiger partial charge is 0.445 e. The Morgan fingerprint density at radius 1 is 1.03 bits per heavy atom. The standard InChI is InChI=1S/C26H23N3O3S/c30-25(28-21-11-4-9-19-10-5-14-27-23(19)21)24-20(22-12-6-16-33-22)13-15-29(24)26(31)32-17-18-7-2-1-3-8-18/h1-12,14,16,20,24H,13,15,17H2,(H,28,30)/t20-,24-/m0/s1. The second-order valence-electron chi connectivity index (χ2n) is 7.96. The third-order valence-corrected chi connectivity index (χ3v) is 6.91. The molecule has 33 heavy (non-hydrogen) atoms. The van der Waals surface area contributed by atoms with Crippen LogP contribution in [0.4, 0.5) is 10.5 Å². The normalized spacial score (nSPS) is 17.8. The first-order valence-electron chi connectivity index (χ1n) is 10.9. The number of anilines is 1. The van der Waals surface area contributed by atoms with Crippen molar-refractivity contribution in [1.29, 1.82) is 0 Å². The summed E-state index contributed by atoms with van der Waals surface area (Å²) in [6, 6.07) is 22.4. The van der Waals surface area contributed by atoms with Crippen LogP contribution in [0.2, 0.25) is 0 Å². The van der Waals surface area contributed by atoms with E-state index in [1.165, 1.54) is 0 Å². The molecule has 1 saturated heterocycles. The van der Waals surface area contributed by atoms with Crippen molar-refractivity contribution in [3.05, 3.63) is 94.8 Å². The second-order valence-corrected chi connectivity index (χ2v) is 8.94. The number of hydrogen-bond acceptors (Lipinski definition) is 5. The first kappa shape index (κ1) is 21.2. The lowest BCUT2D eigenvalue weighted by atomic mass is 9.97. The summed E-state index contributed by atoms with van der Waals surface area (Å²) in [6.07, 6.45) is 1.93. The van der Waals surface area contributed by atoms with Crippen LogP contribution < -0.4 is 5.32 Å². The number of rotatable bonds is 5. The minimum atomic E-state index is -0.661. The molecular formula is C26H23N3O3S. The summed E-state index contributed by atoms with van der Waals surface area (Å²) in [4.78, 5) is 33.7. The average molecular weight is 458 g/mol. The number of ether oxygens (including phenoxy) is 1. The maximum Gasteiger partial charge on any atom is 0.410 e. The van der Waals surface area contributed by atoms with Crippen LogP contribution >= 0.6 is 11.3 Å². The van der Waals surface area contributed by atoms with Crippen molar-refractivity contribution in [2.24, 2.45) is 0 Å². The Balaban J connectivity index is 1.39. The molecule has 1 aliphatic rings. The van der Waals surface area contributed by atoms with Gasteiger partial charge in [-0.15, -0.1) is 11.3 Å². The van der Waals surface area contributed by atoms with E-state index in [2.05, 4.69) is 10.3 Å². The van der Waals surface area contributed by atoms with E-state index in [9.17, 15) is 9.59 Å². The maximum atomic E-state index is 13.6. The van der Waals surface area contributed by atoms with Crippen LogP contribution in [-0.2, 0) is 16.1 Å². The summed E-state index contributed by atoms with van der Waals surface area (Å²) >= 11 is 1.60. The van der Waals surface area contributed by atoms with Gasteiger partial charge in [-0.2, -0.15) is 0 Å². The van der Waals surface area contributed by atoms with Crippen molar-refractivity contribution in [1.82, 2.24) is 9.88 Å². The van der Waals surface area contributed by atoms with Gasteiger partial charge in [0.2, 0.25) is 5.91 Å². The van der Waals surface area contributed by atoms with Gasteiger partial charge >= 0.3 is 6.09 Å². The maximum absolute atomic E-state index is 13.6. The summed E-state index contributed by atoms with van der Waals surface area (Å²) in [5.41, 5.74) is 2.26. The van der Waals surface area contributed by atoms with E-state index in [4.69, 9.17) is 4.74 Å². The molecule has 0 aliphatic carbocycles. The summed E-state index contributed by atoms with van der Waals surface area (Å²) in [7, 11) is 0. The fourth-order valence-electron chi connectivity index (χ4n) is 4.34. The number of thiophene rings is 1. The zero-order valence-electron chi connectivity index (χ0n) is 17.9. The van der Waals surface area contributed by atoms with Crippen LogP contribution in [0.15, 0.2) is 84.4 Å². The molecule has 2 atom stereocenters. The molecule has 2 amide bonds. The number of pyridine rings is 1. The molecule has 4 aromatic rings. The highest BCUT2D eigenvalue weighted by Crippen LogP contribution is 2.37. The van der Waals surface area contributed by atoms with Crippen LogP contribution in [0, 0.1) is 0 Å². The van der Waals surface area contributed by atoms with Crippen LogP contribution in [0.5, 0.6) is 0 Å². The topological polar surface area (TPSA) is 71.5 Å². The number of aromatic nitrogens is 1. The fourth-order valence-corrected chi connectivity index (χ4v) is 5.23. The van der Waals surface area contributed by atoms with E-state index in [-0.39, 0.29) is 18.4 Å². The first-order valence-corrected chi connectivity index (χ1v) is 11.7. The van der Waals surface area contributed by atoms with Crippen molar-refractivity contribution >= 4 is 39.9 Å². The first-order chi connectivity index (χ1) is 16.2. The number of nitrogens with zero attached hydrogens (tertiary/aromatic N) is 2. The zero-order valence-corrected chi connectivity index (χ0v) is 18.7. The van der Waals surface area contributed by atoms with Gasteiger partial charge in [0.05, 0.1) is 11.2 Å². The summed E-state index contributed by atoms with van der Waals surface area (Å²) < 4.78 is 5.58. The molecule has 0 spiro atoms. The van der Waals surface area contributed by atoms with Gasteiger partial charge in [0.15, 0.2) is 0 Å². The number of fused-ring (bicyclic) bond motifs is 1. The third-order valence-electron chi connectivity index (χ3n) is 5.91. The Bertz CT molecular complexity index is 1260. The highest BCUT2D eigenvalue weighted by atomic mass is 32.1. The SMILES string of the molecule is O=C(Nc1cccc2cccnc12)[C@@H]1[C@H](c2cccs2)CCN1C(=O)OCc1ccccc1. The number of para-hydroxylation sites is 1. The van der Waals surface area contributed by atoms with Gasteiger partial charge in [0, 0.05) is 28.9 Å². The number of amides is 2. The molecule has 0 saturated carbocycles. The number of nitrogens with one attached hydrogen (secondary N) is 1. The Kier molecular flexibility index (Phi) is 6.04. The summed E-state index contributed by atoms with van der Waals surface area (Å²) in [5.74, 6) is -0.321. The van der Waals surface area contributed by atoms with Crippen LogP contribution in [-0.4, -0.2) is 34.5 Å². The van der Waals surface area contributed by atoms with Crippen molar-refractivity contribution < 1.29 is 14.3 Å². The lowest BCUT2D eigenvalue weighted by Gasteiger charge is -2.26. The molecule has 6 nitrogen and oxygen atoms in total. The van der Waals surface area contributed by atoms with Crippen LogP contribution in [0.1, 0.15) is 22.8 Å². The predicted octanol–water partition coefficient (Wildman–Crippen LogP) is 5.43. The Morgan fingerprint density at radius 2 is 1.88 bits per heavy atom. The van der Waals surface area contributed by atoms with Gasteiger partial charge < -0.3 is 10.1 Å². The lowest BCUT2D eigenvalue weighted by molar-refractivity contribution is -0.120. The smallest absolute Gasteiger partial charge is 0.410 e. The van der Waals surface area contributed by atoms with Crippen molar-refractivity contribution in [3.63, 3.8) is 0 Å². The summed E-state index contributed by atoms with van der Waals surface area (Å²) in [5, 5.41) is 5.97. The molecule has 166 valence electrons. The summed E-state index contributed by atoms with van der Waals surface area (Å²) in [6.45, 7) is 0.628. The van der Waals surface area contributed by atoms with Gasteiger partial charge in [0.1, 0.15) is 12.6 Å². The van der Waals surface area contributed by atoms with Crippen LogP contribution in [0.3, 0.4) is 0 Å². The average Bonchev–Trinajstić information content (AvgIpc) is 3.53. The molecular weight excluding hydrogens is 434 g/mol.